The van der Waals surface area contributed by atoms with E-state index >= 15 is 0 Å². The van der Waals surface area contributed by atoms with Gasteiger partial charge in [0.15, 0.2) is 0 Å². The van der Waals surface area contributed by atoms with Crippen LogP contribution < -0.4 is 0 Å². The van der Waals surface area contributed by atoms with Crippen molar-refractivity contribution in [2.24, 2.45) is 29.6 Å². The summed E-state index contributed by atoms with van der Waals surface area (Å²) in [6.07, 6.45) is 8.78. The van der Waals surface area contributed by atoms with Crippen LogP contribution in [0.25, 0.3) is 0 Å². The van der Waals surface area contributed by atoms with E-state index in [1.54, 1.807) is 0 Å². The van der Waals surface area contributed by atoms with Crippen molar-refractivity contribution >= 4 is 5.91 Å². The van der Waals surface area contributed by atoms with E-state index in [9.17, 15) is 4.79 Å². The Labute approximate surface area is 115 Å². The molecular formula is C16H22N2O. The van der Waals surface area contributed by atoms with Crippen molar-refractivity contribution in [1.29, 1.82) is 5.26 Å². The van der Waals surface area contributed by atoms with E-state index in [1.807, 2.05) is 4.90 Å². The first-order valence-electron chi connectivity index (χ1n) is 7.98. The number of nitrogens with zero attached hydrogens (tertiary/aromatic N) is 2. The SMILES string of the molecule is N#CCN(C(=O)C1C2C3CCC(C3)C12)C1CCCC1. The quantitative estimate of drug-likeness (QED) is 0.730. The number of hydrogen-bond donors (Lipinski definition) is 0. The zero-order valence-corrected chi connectivity index (χ0v) is 11.4. The molecule has 102 valence electrons. The van der Waals surface area contributed by atoms with Crippen LogP contribution in [-0.4, -0.2) is 23.4 Å². The Kier molecular flexibility index (Phi) is 2.62. The third kappa shape index (κ3) is 1.65. The van der Waals surface area contributed by atoms with Crippen molar-refractivity contribution in [3.63, 3.8) is 0 Å². The highest BCUT2D eigenvalue weighted by Gasteiger charge is 2.68. The van der Waals surface area contributed by atoms with Gasteiger partial charge in [0.2, 0.25) is 5.91 Å². The molecule has 0 spiro atoms. The van der Waals surface area contributed by atoms with E-state index in [0.29, 0.717) is 36.2 Å². The summed E-state index contributed by atoms with van der Waals surface area (Å²) in [7, 11) is 0. The van der Waals surface area contributed by atoms with Gasteiger partial charge in [0.1, 0.15) is 6.54 Å². The summed E-state index contributed by atoms with van der Waals surface area (Å²) < 4.78 is 0. The van der Waals surface area contributed by atoms with E-state index in [1.165, 1.54) is 32.1 Å². The summed E-state index contributed by atoms with van der Waals surface area (Å²) >= 11 is 0. The molecule has 0 aliphatic heterocycles. The number of carbonyl (C=O) groups excluding carboxylic acids is 1. The van der Waals surface area contributed by atoms with Crippen LogP contribution in [0.3, 0.4) is 0 Å². The molecule has 0 aromatic carbocycles. The van der Waals surface area contributed by atoms with Gasteiger partial charge in [0.05, 0.1) is 6.07 Å². The summed E-state index contributed by atoms with van der Waals surface area (Å²) in [4.78, 5) is 14.7. The smallest absolute Gasteiger partial charge is 0.227 e. The fourth-order valence-corrected chi connectivity index (χ4v) is 5.53. The molecule has 4 rings (SSSR count). The highest BCUT2D eigenvalue weighted by atomic mass is 16.2. The van der Waals surface area contributed by atoms with Crippen molar-refractivity contribution in [1.82, 2.24) is 4.90 Å². The van der Waals surface area contributed by atoms with Crippen LogP contribution in [0.15, 0.2) is 0 Å². The number of hydrogen-bond acceptors (Lipinski definition) is 2. The van der Waals surface area contributed by atoms with Gasteiger partial charge < -0.3 is 4.90 Å². The molecule has 3 heteroatoms. The van der Waals surface area contributed by atoms with E-state index in [2.05, 4.69) is 6.07 Å². The van der Waals surface area contributed by atoms with Gasteiger partial charge in [-0.1, -0.05) is 12.8 Å². The van der Waals surface area contributed by atoms with Gasteiger partial charge in [-0.15, -0.1) is 0 Å². The van der Waals surface area contributed by atoms with Crippen LogP contribution in [0.2, 0.25) is 0 Å². The Hall–Kier alpha value is -1.04. The minimum absolute atomic E-state index is 0.306. The molecule has 0 saturated heterocycles. The molecule has 19 heavy (non-hydrogen) atoms. The second kappa shape index (κ2) is 4.23. The number of fused-ring (bicyclic) bond motifs is 5. The standard InChI is InChI=1S/C16H22N2O/c17-7-8-18(12-3-1-2-4-12)16(19)15-13-10-5-6-11(9-10)14(13)15/h10-15H,1-6,8-9H2. The molecule has 0 N–H and O–H groups in total. The van der Waals surface area contributed by atoms with Crippen molar-refractivity contribution in [2.75, 3.05) is 6.54 Å². The average molecular weight is 258 g/mol. The minimum Gasteiger partial charge on any atom is -0.326 e. The second-order valence-electron chi connectivity index (χ2n) is 7.08. The number of amides is 1. The summed E-state index contributed by atoms with van der Waals surface area (Å²) in [5.41, 5.74) is 0. The van der Waals surface area contributed by atoms with Crippen molar-refractivity contribution < 1.29 is 4.79 Å². The van der Waals surface area contributed by atoms with Crippen molar-refractivity contribution in [3.8, 4) is 6.07 Å². The van der Waals surface area contributed by atoms with Gasteiger partial charge in [-0.25, -0.2) is 0 Å². The van der Waals surface area contributed by atoms with Crippen LogP contribution in [0.1, 0.15) is 44.9 Å². The third-order valence-electron chi connectivity index (χ3n) is 6.31. The van der Waals surface area contributed by atoms with Gasteiger partial charge in [-0.05, 0) is 55.8 Å². The molecule has 4 saturated carbocycles. The molecule has 1 amide bonds. The first-order chi connectivity index (χ1) is 9.31. The molecule has 4 aliphatic carbocycles. The molecular weight excluding hydrogens is 236 g/mol. The molecule has 4 atom stereocenters. The van der Waals surface area contributed by atoms with Crippen molar-refractivity contribution in [3.05, 3.63) is 0 Å². The maximum Gasteiger partial charge on any atom is 0.227 e. The Bertz CT molecular complexity index is 419. The van der Waals surface area contributed by atoms with Gasteiger partial charge >= 0.3 is 0 Å². The summed E-state index contributed by atoms with van der Waals surface area (Å²) in [6, 6.07) is 2.58. The summed E-state index contributed by atoms with van der Waals surface area (Å²) in [5, 5.41) is 9.02. The topological polar surface area (TPSA) is 44.1 Å². The van der Waals surface area contributed by atoms with Gasteiger partial charge in [0, 0.05) is 12.0 Å². The minimum atomic E-state index is 0.306. The molecule has 0 aromatic heterocycles. The second-order valence-corrected chi connectivity index (χ2v) is 7.08. The Balaban J connectivity index is 1.48. The van der Waals surface area contributed by atoms with Gasteiger partial charge in [-0.2, -0.15) is 5.26 Å². The molecule has 3 nitrogen and oxygen atoms in total. The third-order valence-corrected chi connectivity index (χ3v) is 6.31. The molecule has 4 unspecified atom stereocenters. The van der Waals surface area contributed by atoms with Gasteiger partial charge in [0.25, 0.3) is 0 Å². The molecule has 0 heterocycles. The van der Waals surface area contributed by atoms with Crippen LogP contribution in [0.5, 0.6) is 0 Å². The lowest BCUT2D eigenvalue weighted by Gasteiger charge is -2.27. The predicted molar refractivity (Wildman–Crippen MR) is 70.9 cm³/mol. The molecule has 4 aliphatic rings. The zero-order chi connectivity index (χ0) is 13.0. The van der Waals surface area contributed by atoms with Crippen LogP contribution in [0.4, 0.5) is 0 Å². The van der Waals surface area contributed by atoms with Crippen LogP contribution in [-0.2, 0) is 4.79 Å². The van der Waals surface area contributed by atoms with E-state index < -0.39 is 0 Å². The lowest BCUT2D eigenvalue weighted by molar-refractivity contribution is -0.135. The highest BCUT2D eigenvalue weighted by molar-refractivity contribution is 5.83. The molecule has 0 aromatic rings. The highest BCUT2D eigenvalue weighted by Crippen LogP contribution is 2.69. The number of rotatable bonds is 3. The van der Waals surface area contributed by atoms with E-state index in [4.69, 9.17) is 5.26 Å². The molecule has 4 fully saturated rings. The number of carbonyl (C=O) groups is 1. The zero-order valence-electron chi connectivity index (χ0n) is 11.4. The fraction of sp³-hybridized carbons (Fsp3) is 0.875. The van der Waals surface area contributed by atoms with Crippen LogP contribution >= 0.6 is 0 Å². The Morgan fingerprint density at radius 1 is 1.11 bits per heavy atom. The monoisotopic (exact) mass is 258 g/mol. The van der Waals surface area contributed by atoms with Crippen LogP contribution in [0, 0.1) is 40.9 Å². The lowest BCUT2D eigenvalue weighted by atomic mass is 10.0. The Morgan fingerprint density at radius 3 is 2.32 bits per heavy atom. The first kappa shape index (κ1) is 11.8. The van der Waals surface area contributed by atoms with E-state index in [0.717, 1.165) is 24.7 Å². The first-order valence-corrected chi connectivity index (χ1v) is 7.98. The molecule has 2 bridgehead atoms. The summed E-state index contributed by atoms with van der Waals surface area (Å²) in [5.74, 6) is 3.73. The van der Waals surface area contributed by atoms with Crippen molar-refractivity contribution in [2.45, 2.75) is 51.0 Å². The average Bonchev–Trinajstić information content (AvgIpc) is 2.85. The maximum atomic E-state index is 12.8. The Morgan fingerprint density at radius 2 is 1.74 bits per heavy atom. The fourth-order valence-electron chi connectivity index (χ4n) is 5.53. The normalized spacial score (nSPS) is 43.0. The van der Waals surface area contributed by atoms with E-state index in [-0.39, 0.29) is 0 Å². The predicted octanol–water partition coefficient (Wildman–Crippen LogP) is 2.57. The van der Waals surface area contributed by atoms with Gasteiger partial charge in [-0.3, -0.25) is 4.79 Å². The molecule has 0 radical (unpaired) electrons. The lowest BCUT2D eigenvalue weighted by Crippen LogP contribution is -2.41. The number of nitriles is 1. The maximum absolute atomic E-state index is 12.8. The summed E-state index contributed by atoms with van der Waals surface area (Å²) in [6.45, 7) is 0.314. The largest absolute Gasteiger partial charge is 0.326 e.